The van der Waals surface area contributed by atoms with Gasteiger partial charge in [-0.1, -0.05) is 0 Å². The monoisotopic (exact) mass is 307 g/mol. The van der Waals surface area contributed by atoms with Crippen molar-refractivity contribution < 1.29 is 18.7 Å². The van der Waals surface area contributed by atoms with E-state index < -0.39 is 23.1 Å². The summed E-state index contributed by atoms with van der Waals surface area (Å²) in [5.74, 6) is -2.52. The van der Waals surface area contributed by atoms with Crippen LogP contribution in [-0.4, -0.2) is 16.6 Å². The molecule has 0 bridgehead atoms. The largest absolute Gasteiger partial charge is 0.480 e. The highest BCUT2D eigenvalue weighted by Gasteiger charge is 2.27. The first-order chi connectivity index (χ1) is 7.75. The first kappa shape index (κ1) is 14.1. The van der Waals surface area contributed by atoms with Crippen LogP contribution in [0.25, 0.3) is 0 Å². The van der Waals surface area contributed by atoms with Gasteiger partial charge in [0.1, 0.15) is 17.2 Å². The molecule has 2 N–H and O–H groups in total. The number of halogens is 3. The Hall–Kier alpha value is -1.01. The van der Waals surface area contributed by atoms with Crippen molar-refractivity contribution in [3.63, 3.8) is 0 Å². The van der Waals surface area contributed by atoms with Gasteiger partial charge in [0.05, 0.1) is 4.47 Å². The van der Waals surface area contributed by atoms with Gasteiger partial charge in [0.15, 0.2) is 0 Å². The van der Waals surface area contributed by atoms with E-state index in [9.17, 15) is 13.6 Å². The van der Waals surface area contributed by atoms with Crippen LogP contribution in [0, 0.1) is 11.6 Å². The molecular formula is C11H12BrF2NO2. The van der Waals surface area contributed by atoms with Gasteiger partial charge in [0, 0.05) is 12.1 Å². The van der Waals surface area contributed by atoms with Crippen molar-refractivity contribution in [1.29, 1.82) is 0 Å². The minimum absolute atomic E-state index is 0.142. The summed E-state index contributed by atoms with van der Waals surface area (Å²) in [4.78, 5) is 10.8. The normalized spacial score (nSPS) is 11.6. The molecule has 0 heterocycles. The highest BCUT2D eigenvalue weighted by Crippen LogP contribution is 2.22. The minimum atomic E-state index is -1.25. The van der Waals surface area contributed by atoms with Crippen molar-refractivity contribution in [1.82, 2.24) is 5.32 Å². The van der Waals surface area contributed by atoms with Crippen LogP contribution < -0.4 is 5.32 Å². The zero-order chi connectivity index (χ0) is 13.2. The Balaban J connectivity index is 2.90. The molecule has 0 aliphatic heterocycles. The predicted octanol–water partition coefficient (Wildman–Crippen LogP) is 2.68. The van der Waals surface area contributed by atoms with Crippen molar-refractivity contribution >= 4 is 21.9 Å². The summed E-state index contributed by atoms with van der Waals surface area (Å²) in [6.45, 7) is 2.64. The second-order valence-electron chi connectivity index (χ2n) is 4.11. The van der Waals surface area contributed by atoms with Gasteiger partial charge in [0.25, 0.3) is 0 Å². The third-order valence-corrected chi connectivity index (χ3v) is 2.99. The number of nitrogens with one attached hydrogen (secondary N) is 1. The SMILES string of the molecule is CC(C)(NCc1c(F)ccc(Br)c1F)C(=O)O. The molecule has 0 aliphatic carbocycles. The van der Waals surface area contributed by atoms with Crippen LogP contribution in [0.1, 0.15) is 19.4 Å². The maximum absolute atomic E-state index is 13.6. The van der Waals surface area contributed by atoms with E-state index in [0.29, 0.717) is 0 Å². The van der Waals surface area contributed by atoms with Crippen LogP contribution in [0.3, 0.4) is 0 Å². The summed E-state index contributed by atoms with van der Waals surface area (Å²) in [6, 6.07) is 2.38. The molecule has 0 unspecified atom stereocenters. The van der Waals surface area contributed by atoms with Gasteiger partial charge in [-0.3, -0.25) is 10.1 Å². The summed E-state index contributed by atoms with van der Waals surface area (Å²) in [5, 5.41) is 11.4. The molecule has 1 aromatic rings. The number of rotatable bonds is 4. The first-order valence-electron chi connectivity index (χ1n) is 4.86. The van der Waals surface area contributed by atoms with Crippen molar-refractivity contribution in [2.45, 2.75) is 25.9 Å². The Morgan fingerprint density at radius 3 is 2.59 bits per heavy atom. The number of benzene rings is 1. The van der Waals surface area contributed by atoms with Crippen molar-refractivity contribution in [2.24, 2.45) is 0 Å². The minimum Gasteiger partial charge on any atom is -0.480 e. The fraction of sp³-hybridized carbons (Fsp3) is 0.364. The molecule has 0 radical (unpaired) electrons. The van der Waals surface area contributed by atoms with Crippen molar-refractivity contribution in [3.8, 4) is 0 Å². The van der Waals surface area contributed by atoms with Gasteiger partial charge in [0.2, 0.25) is 0 Å². The van der Waals surface area contributed by atoms with E-state index in [1.54, 1.807) is 0 Å². The van der Waals surface area contributed by atoms with E-state index in [4.69, 9.17) is 5.11 Å². The number of carboxylic acids is 1. The van der Waals surface area contributed by atoms with Crippen LogP contribution in [0.2, 0.25) is 0 Å². The Morgan fingerprint density at radius 2 is 2.06 bits per heavy atom. The summed E-state index contributed by atoms with van der Waals surface area (Å²) >= 11 is 2.94. The Kier molecular flexibility index (Phi) is 4.21. The third kappa shape index (κ3) is 3.23. The maximum Gasteiger partial charge on any atom is 0.323 e. The van der Waals surface area contributed by atoms with Crippen LogP contribution in [0.15, 0.2) is 16.6 Å². The Bertz CT molecular complexity index is 449. The summed E-state index contributed by atoms with van der Waals surface area (Å²) in [5.41, 5.74) is -1.44. The second kappa shape index (κ2) is 5.10. The number of carboxylic acid groups (broad SMARTS) is 1. The molecular weight excluding hydrogens is 296 g/mol. The molecule has 94 valence electrons. The van der Waals surface area contributed by atoms with Crippen molar-refractivity contribution in [2.75, 3.05) is 0 Å². The molecule has 0 atom stereocenters. The standard InChI is InChI=1S/C11H12BrF2NO2/c1-11(2,10(16)17)15-5-6-8(13)4-3-7(12)9(6)14/h3-4,15H,5H2,1-2H3,(H,16,17). The lowest BCUT2D eigenvalue weighted by molar-refractivity contribution is -0.143. The second-order valence-corrected chi connectivity index (χ2v) is 4.96. The van der Waals surface area contributed by atoms with Gasteiger partial charge in [-0.05, 0) is 41.9 Å². The molecule has 0 spiro atoms. The fourth-order valence-corrected chi connectivity index (χ4v) is 1.49. The van der Waals surface area contributed by atoms with Gasteiger partial charge in [-0.25, -0.2) is 8.78 Å². The average Bonchev–Trinajstić information content (AvgIpc) is 2.23. The quantitative estimate of drug-likeness (QED) is 0.841. The summed E-state index contributed by atoms with van der Waals surface area (Å²) < 4.78 is 27.1. The molecule has 3 nitrogen and oxygen atoms in total. The number of hydrogen-bond acceptors (Lipinski definition) is 2. The molecule has 17 heavy (non-hydrogen) atoms. The van der Waals surface area contributed by atoms with Gasteiger partial charge >= 0.3 is 5.97 Å². The maximum atomic E-state index is 13.6. The lowest BCUT2D eigenvalue weighted by atomic mass is 10.1. The highest BCUT2D eigenvalue weighted by molar-refractivity contribution is 9.10. The highest BCUT2D eigenvalue weighted by atomic mass is 79.9. The molecule has 0 saturated carbocycles. The molecule has 0 aromatic heterocycles. The topological polar surface area (TPSA) is 49.3 Å². The first-order valence-corrected chi connectivity index (χ1v) is 5.66. The predicted molar refractivity (Wildman–Crippen MR) is 62.6 cm³/mol. The molecule has 1 aromatic carbocycles. The van der Waals surface area contributed by atoms with Crippen LogP contribution in [-0.2, 0) is 11.3 Å². The molecule has 1 rings (SSSR count). The van der Waals surface area contributed by atoms with Crippen LogP contribution >= 0.6 is 15.9 Å². The van der Waals surface area contributed by atoms with E-state index in [1.807, 2.05) is 0 Å². The molecule has 0 fully saturated rings. The Labute approximate surface area is 106 Å². The van der Waals surface area contributed by atoms with Gasteiger partial charge in [-0.2, -0.15) is 0 Å². The molecule has 6 heteroatoms. The van der Waals surface area contributed by atoms with E-state index >= 15 is 0 Å². The number of carbonyl (C=O) groups is 1. The van der Waals surface area contributed by atoms with E-state index in [0.717, 1.165) is 6.07 Å². The smallest absolute Gasteiger partial charge is 0.323 e. The Morgan fingerprint density at radius 1 is 1.47 bits per heavy atom. The molecule has 0 saturated heterocycles. The third-order valence-electron chi connectivity index (χ3n) is 2.38. The van der Waals surface area contributed by atoms with Crippen LogP contribution in [0.5, 0.6) is 0 Å². The zero-order valence-corrected chi connectivity index (χ0v) is 10.9. The summed E-state index contributed by atoms with van der Waals surface area (Å²) in [7, 11) is 0. The number of hydrogen-bond donors (Lipinski definition) is 2. The van der Waals surface area contributed by atoms with Crippen LogP contribution in [0.4, 0.5) is 8.78 Å². The van der Waals surface area contributed by atoms with Gasteiger partial charge < -0.3 is 5.11 Å². The number of aliphatic carboxylic acids is 1. The lowest BCUT2D eigenvalue weighted by Gasteiger charge is -2.21. The average molecular weight is 308 g/mol. The van der Waals surface area contributed by atoms with Crippen molar-refractivity contribution in [3.05, 3.63) is 33.8 Å². The van der Waals surface area contributed by atoms with E-state index in [2.05, 4.69) is 21.2 Å². The summed E-state index contributed by atoms with van der Waals surface area (Å²) in [6.07, 6.45) is 0. The lowest BCUT2D eigenvalue weighted by Crippen LogP contribution is -2.46. The van der Waals surface area contributed by atoms with Gasteiger partial charge in [-0.15, -0.1) is 0 Å². The molecule has 0 amide bonds. The van der Waals surface area contributed by atoms with E-state index in [-0.39, 0.29) is 16.6 Å². The zero-order valence-electron chi connectivity index (χ0n) is 9.35. The molecule has 0 aliphatic rings. The van der Waals surface area contributed by atoms with E-state index in [1.165, 1.54) is 19.9 Å². The fourth-order valence-electron chi connectivity index (χ4n) is 1.12.